The third-order valence-corrected chi connectivity index (χ3v) is 3.05. The second-order valence-electron chi connectivity index (χ2n) is 2.56. The van der Waals surface area contributed by atoms with E-state index in [9.17, 15) is 8.42 Å². The molecule has 1 rings (SSSR count). The molecule has 0 amide bonds. The van der Waals surface area contributed by atoms with Gasteiger partial charge in [-0.15, -0.1) is 0 Å². The van der Waals surface area contributed by atoms with Crippen molar-refractivity contribution < 1.29 is 8.42 Å². The lowest BCUT2D eigenvalue weighted by molar-refractivity contribution is 0.497. The van der Waals surface area contributed by atoms with Gasteiger partial charge in [0.2, 0.25) is 10.0 Å². The normalized spacial score (nSPS) is 28.3. The molecule has 1 aliphatic rings. The van der Waals surface area contributed by atoms with Crippen molar-refractivity contribution in [2.75, 3.05) is 13.1 Å². The lowest BCUT2D eigenvalue weighted by Gasteiger charge is -2.20. The lowest BCUT2D eigenvalue weighted by Crippen LogP contribution is -2.41. The van der Waals surface area contributed by atoms with Crippen molar-refractivity contribution in [2.24, 2.45) is 5.14 Å². The highest BCUT2D eigenvalue weighted by Crippen LogP contribution is 2.07. The number of piperidine rings is 1. The van der Waals surface area contributed by atoms with Crippen LogP contribution < -0.4 is 10.5 Å². The molecule has 1 atom stereocenters. The molecule has 1 heterocycles. The molecule has 1 fully saturated rings. The topological polar surface area (TPSA) is 72.2 Å². The van der Waals surface area contributed by atoms with E-state index in [-0.39, 0.29) is 5.25 Å². The zero-order valence-corrected chi connectivity index (χ0v) is 6.52. The SMILES string of the molecule is NS(=O)(=O)[C@@H]1CCCNC1. The summed E-state index contributed by atoms with van der Waals surface area (Å²) < 4.78 is 21.4. The van der Waals surface area contributed by atoms with Gasteiger partial charge in [0, 0.05) is 6.54 Å². The van der Waals surface area contributed by atoms with Gasteiger partial charge >= 0.3 is 0 Å². The van der Waals surface area contributed by atoms with Crippen LogP contribution in [-0.2, 0) is 10.0 Å². The van der Waals surface area contributed by atoms with Crippen molar-refractivity contribution in [2.45, 2.75) is 18.1 Å². The van der Waals surface area contributed by atoms with Crippen LogP contribution in [-0.4, -0.2) is 26.8 Å². The number of sulfonamides is 1. The Morgan fingerprint density at radius 3 is 2.50 bits per heavy atom. The van der Waals surface area contributed by atoms with E-state index in [1.807, 2.05) is 0 Å². The van der Waals surface area contributed by atoms with Crippen LogP contribution in [0.5, 0.6) is 0 Å². The fourth-order valence-corrected chi connectivity index (χ4v) is 1.95. The fourth-order valence-electron chi connectivity index (χ4n) is 1.10. The fraction of sp³-hybridized carbons (Fsp3) is 1.00. The Balaban J connectivity index is 2.56. The van der Waals surface area contributed by atoms with E-state index in [1.54, 1.807) is 0 Å². The van der Waals surface area contributed by atoms with Gasteiger partial charge in [-0.3, -0.25) is 0 Å². The largest absolute Gasteiger partial charge is 0.315 e. The second kappa shape index (κ2) is 2.86. The van der Waals surface area contributed by atoms with Crippen LogP contribution in [0.15, 0.2) is 0 Å². The van der Waals surface area contributed by atoms with Crippen LogP contribution >= 0.6 is 0 Å². The summed E-state index contributed by atoms with van der Waals surface area (Å²) in [5.74, 6) is 0. The Hall–Kier alpha value is -0.130. The highest BCUT2D eigenvalue weighted by molar-refractivity contribution is 7.89. The molecule has 10 heavy (non-hydrogen) atoms. The van der Waals surface area contributed by atoms with Crippen LogP contribution in [0.1, 0.15) is 12.8 Å². The van der Waals surface area contributed by atoms with Gasteiger partial charge in [-0.05, 0) is 19.4 Å². The van der Waals surface area contributed by atoms with Crippen LogP contribution in [0.25, 0.3) is 0 Å². The summed E-state index contributed by atoms with van der Waals surface area (Å²) in [6.07, 6.45) is 1.60. The molecule has 0 aliphatic carbocycles. The van der Waals surface area contributed by atoms with Crippen molar-refractivity contribution in [1.82, 2.24) is 5.32 Å². The summed E-state index contributed by atoms with van der Waals surface area (Å²) >= 11 is 0. The standard InChI is InChI=1S/C5H12N2O2S/c6-10(8,9)5-2-1-3-7-4-5/h5,7H,1-4H2,(H2,6,8,9)/t5-/m1/s1. The maximum atomic E-state index is 10.7. The summed E-state index contributed by atoms with van der Waals surface area (Å²) in [6, 6.07) is 0. The molecular formula is C5H12N2O2S. The van der Waals surface area contributed by atoms with Gasteiger partial charge < -0.3 is 5.32 Å². The maximum absolute atomic E-state index is 10.7. The molecule has 0 saturated carbocycles. The summed E-state index contributed by atoms with van der Waals surface area (Å²) in [5, 5.41) is 7.56. The Labute approximate surface area is 60.8 Å². The Bertz CT molecular complexity index is 194. The molecular weight excluding hydrogens is 152 g/mol. The van der Waals surface area contributed by atoms with Crippen molar-refractivity contribution in [1.29, 1.82) is 0 Å². The quantitative estimate of drug-likeness (QED) is 0.523. The van der Waals surface area contributed by atoms with E-state index in [2.05, 4.69) is 5.32 Å². The molecule has 0 bridgehead atoms. The summed E-state index contributed by atoms with van der Waals surface area (Å²) in [7, 11) is -3.29. The average molecular weight is 164 g/mol. The van der Waals surface area contributed by atoms with E-state index >= 15 is 0 Å². The molecule has 0 aromatic rings. The van der Waals surface area contributed by atoms with Gasteiger partial charge in [-0.25, -0.2) is 13.6 Å². The minimum Gasteiger partial charge on any atom is -0.315 e. The Morgan fingerprint density at radius 2 is 2.20 bits per heavy atom. The molecule has 0 aromatic carbocycles. The molecule has 60 valence electrons. The minimum atomic E-state index is -3.29. The number of nitrogens with one attached hydrogen (secondary N) is 1. The molecule has 3 N–H and O–H groups in total. The van der Waals surface area contributed by atoms with E-state index in [0.717, 1.165) is 13.0 Å². The predicted octanol–water partition coefficient (Wildman–Crippen LogP) is -0.973. The summed E-state index contributed by atoms with van der Waals surface area (Å²) in [6.45, 7) is 1.42. The molecule has 0 spiro atoms. The van der Waals surface area contributed by atoms with Crippen LogP contribution in [0.3, 0.4) is 0 Å². The van der Waals surface area contributed by atoms with Gasteiger partial charge in [-0.1, -0.05) is 0 Å². The first kappa shape index (κ1) is 7.97. The molecule has 0 aromatic heterocycles. The van der Waals surface area contributed by atoms with Gasteiger partial charge in [0.15, 0.2) is 0 Å². The number of nitrogens with two attached hydrogens (primary N) is 1. The van der Waals surface area contributed by atoms with Gasteiger partial charge in [0.25, 0.3) is 0 Å². The smallest absolute Gasteiger partial charge is 0.213 e. The summed E-state index contributed by atoms with van der Waals surface area (Å²) in [5.41, 5.74) is 0. The minimum absolute atomic E-state index is 0.360. The van der Waals surface area contributed by atoms with E-state index in [4.69, 9.17) is 5.14 Å². The van der Waals surface area contributed by atoms with Crippen LogP contribution in [0.2, 0.25) is 0 Å². The molecule has 5 heteroatoms. The van der Waals surface area contributed by atoms with E-state index in [0.29, 0.717) is 13.0 Å². The first-order chi connectivity index (χ1) is 4.61. The molecule has 4 nitrogen and oxygen atoms in total. The highest BCUT2D eigenvalue weighted by atomic mass is 32.2. The third kappa shape index (κ3) is 1.93. The average Bonchev–Trinajstić information content (AvgIpc) is 1.88. The molecule has 1 aliphatic heterocycles. The molecule has 0 radical (unpaired) electrons. The second-order valence-corrected chi connectivity index (χ2v) is 4.40. The van der Waals surface area contributed by atoms with E-state index in [1.165, 1.54) is 0 Å². The van der Waals surface area contributed by atoms with Crippen LogP contribution in [0, 0.1) is 0 Å². The van der Waals surface area contributed by atoms with Crippen molar-refractivity contribution in [3.05, 3.63) is 0 Å². The zero-order valence-electron chi connectivity index (χ0n) is 5.71. The Kier molecular flexibility index (Phi) is 2.28. The lowest BCUT2D eigenvalue weighted by atomic mass is 10.2. The number of primary sulfonamides is 1. The predicted molar refractivity (Wildman–Crippen MR) is 39.0 cm³/mol. The highest BCUT2D eigenvalue weighted by Gasteiger charge is 2.22. The van der Waals surface area contributed by atoms with Gasteiger partial charge in [0.05, 0.1) is 5.25 Å². The number of hydrogen-bond donors (Lipinski definition) is 2. The Morgan fingerprint density at radius 1 is 1.50 bits per heavy atom. The monoisotopic (exact) mass is 164 g/mol. The van der Waals surface area contributed by atoms with E-state index < -0.39 is 10.0 Å². The van der Waals surface area contributed by atoms with Gasteiger partial charge in [0.1, 0.15) is 0 Å². The van der Waals surface area contributed by atoms with Crippen molar-refractivity contribution in [3.63, 3.8) is 0 Å². The molecule has 0 unspecified atom stereocenters. The first-order valence-electron chi connectivity index (χ1n) is 3.33. The first-order valence-corrected chi connectivity index (χ1v) is 4.94. The zero-order chi connectivity index (χ0) is 7.61. The van der Waals surface area contributed by atoms with Crippen LogP contribution in [0.4, 0.5) is 0 Å². The maximum Gasteiger partial charge on any atom is 0.213 e. The number of rotatable bonds is 1. The van der Waals surface area contributed by atoms with Gasteiger partial charge in [-0.2, -0.15) is 0 Å². The number of hydrogen-bond acceptors (Lipinski definition) is 3. The summed E-state index contributed by atoms with van der Waals surface area (Å²) in [4.78, 5) is 0. The van der Waals surface area contributed by atoms with Crippen molar-refractivity contribution >= 4 is 10.0 Å². The third-order valence-electron chi connectivity index (χ3n) is 1.72. The molecule has 1 saturated heterocycles. The van der Waals surface area contributed by atoms with Crippen molar-refractivity contribution in [3.8, 4) is 0 Å².